The molecule has 0 aromatic heterocycles. The van der Waals surface area contributed by atoms with E-state index in [9.17, 15) is 0 Å². The van der Waals surface area contributed by atoms with Crippen LogP contribution < -0.4 is 0 Å². The van der Waals surface area contributed by atoms with Crippen LogP contribution in [0.15, 0.2) is 0 Å². The number of nitrogens with zero attached hydrogens (tertiary/aromatic N) is 2. The van der Waals surface area contributed by atoms with Crippen molar-refractivity contribution < 1.29 is 0 Å². The molecule has 3 atom stereocenters. The van der Waals surface area contributed by atoms with Crippen molar-refractivity contribution in [1.82, 2.24) is 9.80 Å². The second kappa shape index (κ2) is 6.62. The fourth-order valence-corrected chi connectivity index (χ4v) is 4.20. The second-order valence-electron chi connectivity index (χ2n) is 6.43. The molecule has 0 aromatic carbocycles. The summed E-state index contributed by atoms with van der Waals surface area (Å²) in [6.45, 7) is 11.2. The van der Waals surface area contributed by atoms with Crippen molar-refractivity contribution in [2.45, 2.75) is 58.2 Å². The normalized spacial score (nSPS) is 31.8. The van der Waals surface area contributed by atoms with Gasteiger partial charge in [-0.25, -0.2) is 0 Å². The summed E-state index contributed by atoms with van der Waals surface area (Å²) in [7, 11) is 0. The van der Waals surface area contributed by atoms with Gasteiger partial charge in [-0.05, 0) is 50.7 Å². The predicted octanol–water partition coefficient (Wildman–Crippen LogP) is 2.93. The number of piperazine rings is 1. The first kappa shape index (κ1) is 14.7. The van der Waals surface area contributed by atoms with Crippen LogP contribution in [0.5, 0.6) is 0 Å². The average Bonchev–Trinajstić information content (AvgIpc) is 2.81. The molecular weight excluding hydrogens is 240 g/mol. The van der Waals surface area contributed by atoms with Crippen molar-refractivity contribution in [1.29, 1.82) is 0 Å². The third kappa shape index (κ3) is 3.23. The van der Waals surface area contributed by atoms with Gasteiger partial charge in [-0.1, -0.05) is 13.8 Å². The Hall–Kier alpha value is 0.270. The van der Waals surface area contributed by atoms with Gasteiger partial charge in [-0.2, -0.15) is 11.8 Å². The van der Waals surface area contributed by atoms with E-state index in [-0.39, 0.29) is 0 Å². The molecule has 0 saturated carbocycles. The molecule has 0 aromatic rings. The average molecular weight is 270 g/mol. The van der Waals surface area contributed by atoms with Gasteiger partial charge in [-0.3, -0.25) is 9.80 Å². The number of hydrogen-bond donors (Lipinski definition) is 0. The lowest BCUT2D eigenvalue weighted by Crippen LogP contribution is -2.60. The molecule has 2 saturated heterocycles. The Labute approximate surface area is 117 Å². The monoisotopic (exact) mass is 270 g/mol. The highest BCUT2D eigenvalue weighted by atomic mass is 32.2. The topological polar surface area (TPSA) is 6.48 Å². The summed E-state index contributed by atoms with van der Waals surface area (Å²) in [4.78, 5) is 5.58. The van der Waals surface area contributed by atoms with E-state index in [0.717, 1.165) is 24.0 Å². The zero-order valence-corrected chi connectivity index (χ0v) is 13.4. The first-order valence-electron chi connectivity index (χ1n) is 7.62. The second-order valence-corrected chi connectivity index (χ2v) is 7.42. The molecule has 2 aliphatic rings. The highest BCUT2D eigenvalue weighted by Crippen LogP contribution is 2.29. The lowest BCUT2D eigenvalue weighted by molar-refractivity contribution is 0.00416. The fourth-order valence-electron chi connectivity index (χ4n) is 3.62. The van der Waals surface area contributed by atoms with Gasteiger partial charge in [0.1, 0.15) is 0 Å². The molecule has 2 aliphatic heterocycles. The SMILES string of the molecule is CSCCC(C)N1CC2CCCN2CC1C(C)C. The van der Waals surface area contributed by atoms with Gasteiger partial charge in [0.05, 0.1) is 0 Å². The molecule has 2 nitrogen and oxygen atoms in total. The largest absolute Gasteiger partial charge is 0.298 e. The number of fused-ring (bicyclic) bond motifs is 1. The standard InChI is InChI=1S/C15H30N2S/c1-12(2)15-11-16-8-5-6-14(16)10-17(15)13(3)7-9-18-4/h12-15H,5-11H2,1-4H3. The molecule has 0 spiro atoms. The summed E-state index contributed by atoms with van der Waals surface area (Å²) < 4.78 is 0. The van der Waals surface area contributed by atoms with Crippen LogP contribution in [-0.2, 0) is 0 Å². The summed E-state index contributed by atoms with van der Waals surface area (Å²) in [5.41, 5.74) is 0. The number of thioether (sulfide) groups is 1. The van der Waals surface area contributed by atoms with Gasteiger partial charge < -0.3 is 0 Å². The van der Waals surface area contributed by atoms with E-state index in [2.05, 4.69) is 36.8 Å². The molecule has 18 heavy (non-hydrogen) atoms. The van der Waals surface area contributed by atoms with Gasteiger partial charge >= 0.3 is 0 Å². The molecule has 2 fully saturated rings. The van der Waals surface area contributed by atoms with Crippen molar-refractivity contribution in [3.05, 3.63) is 0 Å². The third-order valence-electron chi connectivity index (χ3n) is 4.84. The summed E-state index contributed by atoms with van der Waals surface area (Å²) >= 11 is 1.99. The minimum atomic E-state index is 0.757. The van der Waals surface area contributed by atoms with Gasteiger partial charge in [-0.15, -0.1) is 0 Å². The van der Waals surface area contributed by atoms with Crippen molar-refractivity contribution in [2.24, 2.45) is 5.92 Å². The zero-order chi connectivity index (χ0) is 13.1. The Balaban J connectivity index is 2.00. The van der Waals surface area contributed by atoms with Crippen LogP contribution in [0.3, 0.4) is 0 Å². The van der Waals surface area contributed by atoms with Gasteiger partial charge in [0, 0.05) is 31.2 Å². The lowest BCUT2D eigenvalue weighted by Gasteiger charge is -2.48. The molecule has 3 heteroatoms. The Bertz CT molecular complexity index is 257. The Kier molecular flexibility index (Phi) is 5.40. The molecule has 2 heterocycles. The molecular formula is C15H30N2S. The quantitative estimate of drug-likeness (QED) is 0.758. The van der Waals surface area contributed by atoms with Crippen LogP contribution in [0, 0.1) is 5.92 Å². The minimum absolute atomic E-state index is 0.757. The van der Waals surface area contributed by atoms with Crippen LogP contribution >= 0.6 is 11.8 Å². The highest BCUT2D eigenvalue weighted by Gasteiger charge is 2.38. The van der Waals surface area contributed by atoms with E-state index in [1.807, 2.05) is 11.8 Å². The van der Waals surface area contributed by atoms with E-state index in [4.69, 9.17) is 0 Å². The van der Waals surface area contributed by atoms with Crippen molar-refractivity contribution in [3.8, 4) is 0 Å². The van der Waals surface area contributed by atoms with E-state index in [1.165, 1.54) is 44.6 Å². The predicted molar refractivity (Wildman–Crippen MR) is 82.4 cm³/mol. The first-order chi connectivity index (χ1) is 8.63. The number of rotatable bonds is 5. The summed E-state index contributed by atoms with van der Waals surface area (Å²) in [5.74, 6) is 2.08. The van der Waals surface area contributed by atoms with Crippen molar-refractivity contribution >= 4 is 11.8 Å². The van der Waals surface area contributed by atoms with Gasteiger partial charge in [0.15, 0.2) is 0 Å². The lowest BCUT2D eigenvalue weighted by atomic mass is 9.95. The van der Waals surface area contributed by atoms with E-state index in [0.29, 0.717) is 0 Å². The maximum absolute atomic E-state index is 2.83. The van der Waals surface area contributed by atoms with Crippen LogP contribution in [0.1, 0.15) is 40.0 Å². The smallest absolute Gasteiger partial charge is 0.0249 e. The molecule has 3 unspecified atom stereocenters. The molecule has 0 amide bonds. The maximum atomic E-state index is 2.83. The van der Waals surface area contributed by atoms with Crippen LogP contribution in [-0.4, -0.2) is 59.6 Å². The Morgan fingerprint density at radius 2 is 2.00 bits per heavy atom. The fraction of sp³-hybridized carbons (Fsp3) is 1.00. The molecule has 2 rings (SSSR count). The van der Waals surface area contributed by atoms with Crippen molar-refractivity contribution in [2.75, 3.05) is 31.6 Å². The maximum Gasteiger partial charge on any atom is 0.0249 e. The van der Waals surface area contributed by atoms with Crippen LogP contribution in [0.4, 0.5) is 0 Å². The minimum Gasteiger partial charge on any atom is -0.298 e. The number of hydrogen-bond acceptors (Lipinski definition) is 3. The summed E-state index contributed by atoms with van der Waals surface area (Å²) in [6.07, 6.45) is 6.41. The Morgan fingerprint density at radius 3 is 2.67 bits per heavy atom. The zero-order valence-electron chi connectivity index (χ0n) is 12.6. The molecule has 0 aliphatic carbocycles. The first-order valence-corrected chi connectivity index (χ1v) is 9.01. The van der Waals surface area contributed by atoms with Gasteiger partial charge in [0.25, 0.3) is 0 Å². The summed E-state index contributed by atoms with van der Waals surface area (Å²) in [6, 6.07) is 2.39. The summed E-state index contributed by atoms with van der Waals surface area (Å²) in [5, 5.41) is 0. The van der Waals surface area contributed by atoms with Crippen LogP contribution in [0.2, 0.25) is 0 Å². The Morgan fingerprint density at radius 1 is 1.22 bits per heavy atom. The highest BCUT2D eigenvalue weighted by molar-refractivity contribution is 7.98. The van der Waals surface area contributed by atoms with E-state index < -0.39 is 0 Å². The van der Waals surface area contributed by atoms with E-state index in [1.54, 1.807) is 0 Å². The van der Waals surface area contributed by atoms with E-state index >= 15 is 0 Å². The molecule has 0 N–H and O–H groups in total. The molecule has 106 valence electrons. The molecule has 0 bridgehead atoms. The third-order valence-corrected chi connectivity index (χ3v) is 5.49. The van der Waals surface area contributed by atoms with Crippen molar-refractivity contribution in [3.63, 3.8) is 0 Å². The van der Waals surface area contributed by atoms with Crippen LogP contribution in [0.25, 0.3) is 0 Å². The molecule has 0 radical (unpaired) electrons. The van der Waals surface area contributed by atoms with Gasteiger partial charge in [0.2, 0.25) is 0 Å².